The van der Waals surface area contributed by atoms with Crippen molar-refractivity contribution in [2.24, 2.45) is 23.2 Å². The minimum absolute atomic E-state index is 0.103. The lowest BCUT2D eigenvalue weighted by Crippen LogP contribution is -2.51. The van der Waals surface area contributed by atoms with E-state index in [4.69, 9.17) is 0 Å². The third-order valence-corrected chi connectivity index (χ3v) is 8.47. The van der Waals surface area contributed by atoms with Crippen molar-refractivity contribution in [3.8, 4) is 0 Å². The van der Waals surface area contributed by atoms with Crippen molar-refractivity contribution in [3.63, 3.8) is 0 Å². The van der Waals surface area contributed by atoms with Crippen molar-refractivity contribution in [2.45, 2.75) is 77.2 Å². The van der Waals surface area contributed by atoms with Crippen molar-refractivity contribution in [2.75, 3.05) is 0 Å². The van der Waals surface area contributed by atoms with E-state index < -0.39 is 0 Å². The highest BCUT2D eigenvalue weighted by molar-refractivity contribution is 5.41. The van der Waals surface area contributed by atoms with Crippen molar-refractivity contribution in [1.29, 1.82) is 0 Å². The molecule has 5 rings (SSSR count). The lowest BCUT2D eigenvalue weighted by atomic mass is 9.47. The molecule has 4 aliphatic rings. The van der Waals surface area contributed by atoms with E-state index in [0.29, 0.717) is 10.8 Å². The van der Waals surface area contributed by atoms with E-state index >= 15 is 0 Å². The Morgan fingerprint density at radius 2 is 1.92 bits per heavy atom. The summed E-state index contributed by atoms with van der Waals surface area (Å²) >= 11 is 0. The molecule has 0 aliphatic heterocycles. The highest BCUT2D eigenvalue weighted by Crippen LogP contribution is 2.64. The van der Waals surface area contributed by atoms with Crippen LogP contribution in [0.15, 0.2) is 11.6 Å². The summed E-state index contributed by atoms with van der Waals surface area (Å²) in [5.74, 6) is 2.35. The van der Waals surface area contributed by atoms with Crippen LogP contribution in [0, 0.1) is 30.1 Å². The van der Waals surface area contributed by atoms with Crippen LogP contribution in [-0.2, 0) is 11.8 Å². The molecule has 0 radical (unpaired) electrons. The number of nitrogens with one attached hydrogen (secondary N) is 1. The van der Waals surface area contributed by atoms with Gasteiger partial charge in [-0.15, -0.1) is 0 Å². The van der Waals surface area contributed by atoms with Crippen LogP contribution in [-0.4, -0.2) is 21.4 Å². The standard InChI is InChI=1S/C21H30N2O/c1-12-19-18(23-22-12)11-17-15-5-4-13-10-14(24)6-8-20(13,2)16(15)7-9-21(17,19)3/h4,14-17,24H,5-11H2,1-3H3,(H,22,23)/t14-,15+,16-,17-,20+,21+/m1/s1. The molecule has 3 heteroatoms. The third-order valence-electron chi connectivity index (χ3n) is 8.47. The van der Waals surface area contributed by atoms with E-state index in [1.807, 2.05) is 0 Å². The number of rotatable bonds is 0. The molecule has 1 heterocycles. The van der Waals surface area contributed by atoms with Gasteiger partial charge in [-0.25, -0.2) is 0 Å². The maximum atomic E-state index is 10.1. The maximum absolute atomic E-state index is 10.1. The average Bonchev–Trinajstić information content (AvgIpc) is 3.06. The van der Waals surface area contributed by atoms with Crippen molar-refractivity contribution < 1.29 is 5.11 Å². The van der Waals surface area contributed by atoms with Gasteiger partial charge in [0.1, 0.15) is 0 Å². The Morgan fingerprint density at radius 3 is 2.75 bits per heavy atom. The van der Waals surface area contributed by atoms with Crippen LogP contribution in [0.25, 0.3) is 0 Å². The molecular formula is C21H30N2O. The summed E-state index contributed by atoms with van der Waals surface area (Å²) in [5, 5.41) is 18.0. The molecule has 4 aliphatic carbocycles. The molecule has 24 heavy (non-hydrogen) atoms. The van der Waals surface area contributed by atoms with Crippen LogP contribution in [0.5, 0.6) is 0 Å². The molecule has 0 spiro atoms. The van der Waals surface area contributed by atoms with Gasteiger partial charge in [0, 0.05) is 11.3 Å². The Kier molecular flexibility index (Phi) is 3.01. The SMILES string of the molecule is Cc1[nH]nc2c1[C@@]1(C)CC[C@@H]3[C@H](CC=C4C[C@H](O)CC[C@@]43C)[C@H]1C2. The minimum Gasteiger partial charge on any atom is -0.393 e. The monoisotopic (exact) mass is 326 g/mol. The van der Waals surface area contributed by atoms with Crippen LogP contribution in [0.3, 0.4) is 0 Å². The van der Waals surface area contributed by atoms with Crippen molar-refractivity contribution >= 4 is 0 Å². The summed E-state index contributed by atoms with van der Waals surface area (Å²) in [6.07, 6.45) is 10.5. The van der Waals surface area contributed by atoms with Crippen molar-refractivity contribution in [1.82, 2.24) is 10.2 Å². The number of allylic oxidation sites excluding steroid dienone is 1. The van der Waals surface area contributed by atoms with Crippen LogP contribution in [0.4, 0.5) is 0 Å². The molecular weight excluding hydrogens is 296 g/mol. The first-order valence-electron chi connectivity index (χ1n) is 9.85. The molecule has 2 fully saturated rings. The number of aliphatic hydroxyl groups is 1. The molecule has 1 aromatic rings. The first kappa shape index (κ1) is 15.2. The quantitative estimate of drug-likeness (QED) is 0.707. The molecule has 3 nitrogen and oxygen atoms in total. The molecule has 0 saturated heterocycles. The average molecular weight is 326 g/mol. The van der Waals surface area contributed by atoms with E-state index in [1.54, 1.807) is 11.1 Å². The Balaban J connectivity index is 1.54. The second-order valence-corrected chi connectivity index (χ2v) is 9.49. The van der Waals surface area contributed by atoms with E-state index in [-0.39, 0.29) is 6.10 Å². The summed E-state index contributed by atoms with van der Waals surface area (Å²) in [6, 6.07) is 0. The van der Waals surface area contributed by atoms with Gasteiger partial charge in [-0.3, -0.25) is 5.10 Å². The Bertz CT molecular complexity index is 719. The van der Waals surface area contributed by atoms with E-state index in [9.17, 15) is 5.11 Å². The first-order valence-corrected chi connectivity index (χ1v) is 9.85. The van der Waals surface area contributed by atoms with Gasteiger partial charge in [-0.05, 0) is 80.5 Å². The third kappa shape index (κ3) is 1.75. The molecule has 0 bridgehead atoms. The van der Waals surface area contributed by atoms with Gasteiger partial charge >= 0.3 is 0 Å². The largest absolute Gasteiger partial charge is 0.393 e. The zero-order valence-electron chi connectivity index (χ0n) is 15.2. The predicted octanol–water partition coefficient (Wildman–Crippen LogP) is 4.06. The zero-order valence-corrected chi connectivity index (χ0v) is 15.2. The van der Waals surface area contributed by atoms with E-state index in [1.165, 1.54) is 43.5 Å². The topological polar surface area (TPSA) is 48.9 Å². The van der Waals surface area contributed by atoms with Crippen LogP contribution in [0.2, 0.25) is 0 Å². The number of aromatic amines is 1. The van der Waals surface area contributed by atoms with Crippen molar-refractivity contribution in [3.05, 3.63) is 28.6 Å². The second kappa shape index (κ2) is 4.75. The fraction of sp³-hybridized carbons (Fsp3) is 0.762. The van der Waals surface area contributed by atoms with Crippen LogP contribution in [0.1, 0.15) is 69.3 Å². The predicted molar refractivity (Wildman–Crippen MR) is 94.7 cm³/mol. The lowest BCUT2D eigenvalue weighted by molar-refractivity contribution is -0.0166. The summed E-state index contributed by atoms with van der Waals surface area (Å²) in [4.78, 5) is 0. The van der Waals surface area contributed by atoms with Gasteiger partial charge in [0.15, 0.2) is 0 Å². The number of aliphatic hydroxyl groups excluding tert-OH is 1. The van der Waals surface area contributed by atoms with Gasteiger partial charge < -0.3 is 5.11 Å². The number of fused-ring (bicyclic) bond motifs is 7. The number of hydrogen-bond donors (Lipinski definition) is 2. The summed E-state index contributed by atoms with van der Waals surface area (Å²) in [7, 11) is 0. The molecule has 6 atom stereocenters. The second-order valence-electron chi connectivity index (χ2n) is 9.49. The molecule has 0 unspecified atom stereocenters. The number of nitrogens with zero attached hydrogens (tertiary/aromatic N) is 1. The number of hydrogen-bond acceptors (Lipinski definition) is 2. The molecule has 0 aromatic carbocycles. The maximum Gasteiger partial charge on any atom is 0.0665 e. The van der Waals surface area contributed by atoms with Gasteiger partial charge in [0.2, 0.25) is 0 Å². The Hall–Kier alpha value is -1.09. The Morgan fingerprint density at radius 1 is 1.12 bits per heavy atom. The van der Waals surface area contributed by atoms with Crippen LogP contribution >= 0.6 is 0 Å². The normalized spacial score (nSPS) is 46.6. The number of aryl methyl sites for hydroxylation is 1. The highest BCUT2D eigenvalue weighted by atomic mass is 16.3. The molecule has 130 valence electrons. The fourth-order valence-electron chi connectivity index (χ4n) is 7.24. The van der Waals surface area contributed by atoms with Gasteiger partial charge in [0.05, 0.1) is 11.8 Å². The number of aromatic nitrogens is 2. The van der Waals surface area contributed by atoms with Gasteiger partial charge in [-0.1, -0.05) is 25.5 Å². The first-order chi connectivity index (χ1) is 11.4. The van der Waals surface area contributed by atoms with Gasteiger partial charge in [0.25, 0.3) is 0 Å². The Labute approximate surface area is 144 Å². The summed E-state index contributed by atoms with van der Waals surface area (Å²) in [6.45, 7) is 7.21. The number of H-pyrrole nitrogens is 1. The minimum atomic E-state index is -0.103. The van der Waals surface area contributed by atoms with E-state index in [0.717, 1.165) is 30.6 Å². The zero-order chi connectivity index (χ0) is 16.7. The molecule has 0 amide bonds. The lowest BCUT2D eigenvalue weighted by Gasteiger charge is -2.57. The molecule has 2 N–H and O–H groups in total. The smallest absolute Gasteiger partial charge is 0.0665 e. The van der Waals surface area contributed by atoms with Crippen LogP contribution < -0.4 is 0 Å². The van der Waals surface area contributed by atoms with E-state index in [2.05, 4.69) is 37.0 Å². The summed E-state index contributed by atoms with van der Waals surface area (Å²) < 4.78 is 0. The summed E-state index contributed by atoms with van der Waals surface area (Å²) in [5.41, 5.74) is 6.42. The highest BCUT2D eigenvalue weighted by Gasteiger charge is 2.58. The van der Waals surface area contributed by atoms with Gasteiger partial charge in [-0.2, -0.15) is 5.10 Å². The molecule has 2 saturated carbocycles. The molecule has 1 aromatic heterocycles. The fourth-order valence-corrected chi connectivity index (χ4v) is 7.24.